The summed E-state index contributed by atoms with van der Waals surface area (Å²) in [6.07, 6.45) is 0. The number of para-hydroxylation sites is 2. The van der Waals surface area contributed by atoms with Crippen LogP contribution in [-0.4, -0.2) is 25.1 Å². The summed E-state index contributed by atoms with van der Waals surface area (Å²) in [6, 6.07) is 17.8. The number of aromatic nitrogens is 5. The third-order valence-corrected chi connectivity index (χ3v) is 5.81. The molecule has 0 fully saturated rings. The molecule has 0 aliphatic heterocycles. The normalized spacial score (nSPS) is 10.7. The summed E-state index contributed by atoms with van der Waals surface area (Å²) in [6.45, 7) is 2.01. The zero-order valence-electron chi connectivity index (χ0n) is 15.5. The number of nitrogens with zero attached hydrogens (tertiary/aromatic N) is 5. The molecule has 2 aromatic heterocycles. The van der Waals surface area contributed by atoms with E-state index in [1.54, 1.807) is 0 Å². The van der Waals surface area contributed by atoms with Crippen LogP contribution in [0.25, 0.3) is 0 Å². The van der Waals surface area contributed by atoms with Crippen molar-refractivity contribution in [3.8, 4) is 0 Å². The van der Waals surface area contributed by atoms with Gasteiger partial charge in [-0.15, -0.1) is 10.2 Å². The highest BCUT2D eigenvalue weighted by Gasteiger charge is 2.10. The second-order valence-electron chi connectivity index (χ2n) is 6.03. The van der Waals surface area contributed by atoms with Gasteiger partial charge in [-0.2, -0.15) is 15.0 Å². The Labute approximate surface area is 176 Å². The van der Waals surface area contributed by atoms with E-state index in [1.807, 2.05) is 61.5 Å². The first-order chi connectivity index (χ1) is 14.2. The molecule has 2 aromatic carbocycles. The second-order valence-corrected chi connectivity index (χ2v) is 8.23. The van der Waals surface area contributed by atoms with Gasteiger partial charge in [0.15, 0.2) is 4.34 Å². The molecule has 0 radical (unpaired) electrons. The average Bonchev–Trinajstić information content (AvgIpc) is 3.16. The lowest BCUT2D eigenvalue weighted by Gasteiger charge is -2.09. The lowest BCUT2D eigenvalue weighted by Crippen LogP contribution is -2.07. The third kappa shape index (κ3) is 5.18. The number of rotatable bonds is 7. The molecule has 8 nitrogen and oxygen atoms in total. The predicted octanol–water partition coefficient (Wildman–Crippen LogP) is 4.39. The minimum Gasteiger partial charge on any atom is -0.368 e. The highest BCUT2D eigenvalue weighted by molar-refractivity contribution is 8.00. The van der Waals surface area contributed by atoms with Gasteiger partial charge in [-0.1, -0.05) is 59.5 Å². The van der Waals surface area contributed by atoms with Crippen molar-refractivity contribution >= 4 is 51.5 Å². The summed E-state index contributed by atoms with van der Waals surface area (Å²) < 4.78 is 0.816. The molecule has 0 spiro atoms. The van der Waals surface area contributed by atoms with Gasteiger partial charge in [-0.3, -0.25) is 0 Å². The summed E-state index contributed by atoms with van der Waals surface area (Å²) in [7, 11) is 0. The molecule has 10 heteroatoms. The minimum atomic E-state index is 0.176. The van der Waals surface area contributed by atoms with E-state index in [-0.39, 0.29) is 5.95 Å². The van der Waals surface area contributed by atoms with Crippen LogP contribution < -0.4 is 16.4 Å². The van der Waals surface area contributed by atoms with Gasteiger partial charge in [-0.05, 0) is 30.7 Å². The van der Waals surface area contributed by atoms with Crippen molar-refractivity contribution in [2.24, 2.45) is 0 Å². The lowest BCUT2D eigenvalue weighted by molar-refractivity contribution is 0.975. The Balaban J connectivity index is 1.41. The first-order valence-electron chi connectivity index (χ1n) is 8.77. The Hall–Kier alpha value is -3.24. The van der Waals surface area contributed by atoms with E-state index in [2.05, 4.69) is 35.8 Å². The zero-order valence-corrected chi connectivity index (χ0v) is 17.2. The fourth-order valence-electron chi connectivity index (χ4n) is 2.48. The summed E-state index contributed by atoms with van der Waals surface area (Å²) >= 11 is 2.97. The Bertz CT molecular complexity index is 1100. The Morgan fingerprint density at radius 1 is 0.931 bits per heavy atom. The molecule has 0 saturated heterocycles. The standard InChI is InChI=1S/C19H18N8S2/c1-12-7-5-6-10-14(12)22-17-24-15(23-16(20)25-17)11-28-19-27-26-18(29-19)21-13-8-3-2-4-9-13/h2-10H,11H2,1H3,(H,21,26)(H3,20,22,23,24,25). The molecule has 29 heavy (non-hydrogen) atoms. The number of nitrogens with one attached hydrogen (secondary N) is 2. The van der Waals surface area contributed by atoms with Crippen LogP contribution in [0.1, 0.15) is 11.4 Å². The van der Waals surface area contributed by atoms with Crippen molar-refractivity contribution in [1.29, 1.82) is 0 Å². The zero-order chi connectivity index (χ0) is 20.1. The Morgan fingerprint density at radius 3 is 2.55 bits per heavy atom. The minimum absolute atomic E-state index is 0.176. The number of nitrogens with two attached hydrogens (primary N) is 1. The molecule has 4 aromatic rings. The van der Waals surface area contributed by atoms with Gasteiger partial charge in [-0.25, -0.2) is 0 Å². The first kappa shape index (κ1) is 19.1. The van der Waals surface area contributed by atoms with Crippen molar-refractivity contribution in [2.75, 3.05) is 16.4 Å². The van der Waals surface area contributed by atoms with Gasteiger partial charge in [0.2, 0.25) is 17.0 Å². The molecule has 0 atom stereocenters. The number of benzene rings is 2. The van der Waals surface area contributed by atoms with E-state index in [9.17, 15) is 0 Å². The molecule has 0 aliphatic carbocycles. The molecule has 4 rings (SSSR count). The number of anilines is 5. The van der Waals surface area contributed by atoms with E-state index in [1.165, 1.54) is 23.1 Å². The fraction of sp³-hybridized carbons (Fsp3) is 0.105. The summed E-state index contributed by atoms with van der Waals surface area (Å²) in [5.41, 5.74) is 8.85. The smallest absolute Gasteiger partial charge is 0.232 e. The summed E-state index contributed by atoms with van der Waals surface area (Å²) in [5, 5.41) is 15.5. The third-order valence-electron chi connectivity index (χ3n) is 3.85. The van der Waals surface area contributed by atoms with Crippen LogP contribution in [-0.2, 0) is 5.75 Å². The maximum absolute atomic E-state index is 5.86. The molecule has 0 amide bonds. The molecular weight excluding hydrogens is 404 g/mol. The quantitative estimate of drug-likeness (QED) is 0.373. The molecule has 0 saturated carbocycles. The van der Waals surface area contributed by atoms with Gasteiger partial charge in [0.1, 0.15) is 5.82 Å². The molecular formula is C19H18N8S2. The largest absolute Gasteiger partial charge is 0.368 e. The number of aryl methyl sites for hydroxylation is 1. The number of nitrogen functional groups attached to an aromatic ring is 1. The van der Waals surface area contributed by atoms with E-state index in [4.69, 9.17) is 5.73 Å². The van der Waals surface area contributed by atoms with Gasteiger partial charge in [0, 0.05) is 11.4 Å². The molecule has 146 valence electrons. The van der Waals surface area contributed by atoms with Crippen molar-refractivity contribution in [3.05, 3.63) is 66.0 Å². The van der Waals surface area contributed by atoms with Crippen molar-refractivity contribution in [1.82, 2.24) is 25.1 Å². The number of thioether (sulfide) groups is 1. The number of hydrogen-bond acceptors (Lipinski definition) is 10. The van der Waals surface area contributed by atoms with Gasteiger partial charge in [0.05, 0.1) is 5.75 Å². The van der Waals surface area contributed by atoms with E-state index in [0.717, 1.165) is 26.4 Å². The lowest BCUT2D eigenvalue weighted by atomic mass is 10.2. The van der Waals surface area contributed by atoms with Crippen LogP contribution in [0.3, 0.4) is 0 Å². The van der Waals surface area contributed by atoms with Crippen LogP contribution in [0.5, 0.6) is 0 Å². The summed E-state index contributed by atoms with van der Waals surface area (Å²) in [4.78, 5) is 12.9. The monoisotopic (exact) mass is 422 g/mol. The van der Waals surface area contributed by atoms with E-state index in [0.29, 0.717) is 17.5 Å². The SMILES string of the molecule is Cc1ccccc1Nc1nc(N)nc(CSc2nnc(Nc3ccccc3)s2)n1. The molecule has 0 unspecified atom stereocenters. The van der Waals surface area contributed by atoms with Crippen LogP contribution >= 0.6 is 23.1 Å². The van der Waals surface area contributed by atoms with Crippen LogP contribution in [0, 0.1) is 6.92 Å². The molecule has 0 bridgehead atoms. The Kier molecular flexibility index (Phi) is 5.82. The maximum Gasteiger partial charge on any atom is 0.232 e. The Morgan fingerprint density at radius 2 is 1.72 bits per heavy atom. The predicted molar refractivity (Wildman–Crippen MR) is 118 cm³/mol. The number of hydrogen-bond donors (Lipinski definition) is 3. The maximum atomic E-state index is 5.86. The van der Waals surface area contributed by atoms with Crippen molar-refractivity contribution < 1.29 is 0 Å². The fourth-order valence-corrected chi connectivity index (χ4v) is 4.11. The van der Waals surface area contributed by atoms with Crippen LogP contribution in [0.4, 0.5) is 28.4 Å². The first-order valence-corrected chi connectivity index (χ1v) is 10.6. The molecule has 0 aliphatic rings. The van der Waals surface area contributed by atoms with Crippen molar-refractivity contribution in [3.63, 3.8) is 0 Å². The van der Waals surface area contributed by atoms with Crippen LogP contribution in [0.2, 0.25) is 0 Å². The van der Waals surface area contributed by atoms with E-state index < -0.39 is 0 Å². The van der Waals surface area contributed by atoms with Gasteiger partial charge < -0.3 is 16.4 Å². The van der Waals surface area contributed by atoms with E-state index >= 15 is 0 Å². The van der Waals surface area contributed by atoms with Gasteiger partial charge >= 0.3 is 0 Å². The second kappa shape index (κ2) is 8.84. The summed E-state index contributed by atoms with van der Waals surface area (Å²) in [5.74, 6) is 1.68. The molecule has 4 N–H and O–H groups in total. The topological polar surface area (TPSA) is 115 Å². The average molecular weight is 423 g/mol. The highest BCUT2D eigenvalue weighted by atomic mass is 32.2. The molecule has 2 heterocycles. The highest BCUT2D eigenvalue weighted by Crippen LogP contribution is 2.29. The van der Waals surface area contributed by atoms with Crippen LogP contribution in [0.15, 0.2) is 58.9 Å². The van der Waals surface area contributed by atoms with Gasteiger partial charge in [0.25, 0.3) is 0 Å². The van der Waals surface area contributed by atoms with Crippen molar-refractivity contribution in [2.45, 2.75) is 17.0 Å².